The van der Waals surface area contributed by atoms with Crippen LogP contribution in [0.1, 0.15) is 24.5 Å². The van der Waals surface area contributed by atoms with E-state index in [1.54, 1.807) is 6.92 Å². The summed E-state index contributed by atoms with van der Waals surface area (Å²) < 4.78 is 0. The third kappa shape index (κ3) is 3.90. The molecular weight excluding hydrogens is 216 g/mol. The van der Waals surface area contributed by atoms with Gasteiger partial charge in [-0.05, 0) is 31.0 Å². The van der Waals surface area contributed by atoms with Crippen molar-refractivity contribution in [3.8, 4) is 0 Å². The molecule has 4 nitrogen and oxygen atoms in total. The van der Waals surface area contributed by atoms with E-state index in [0.29, 0.717) is 6.42 Å². The topological polar surface area (TPSA) is 58.2 Å². The van der Waals surface area contributed by atoms with Crippen LogP contribution in [-0.4, -0.2) is 18.4 Å². The van der Waals surface area contributed by atoms with Crippen molar-refractivity contribution in [1.82, 2.24) is 5.32 Å². The van der Waals surface area contributed by atoms with Crippen LogP contribution >= 0.6 is 0 Å². The van der Waals surface area contributed by atoms with Gasteiger partial charge in [-0.1, -0.05) is 19.1 Å². The smallest absolute Gasteiger partial charge is 0.243 e. The highest BCUT2D eigenvalue weighted by atomic mass is 16.2. The van der Waals surface area contributed by atoms with Gasteiger partial charge in [-0.3, -0.25) is 9.59 Å². The van der Waals surface area contributed by atoms with Gasteiger partial charge in [-0.25, -0.2) is 0 Å². The molecule has 2 N–H and O–H groups in total. The van der Waals surface area contributed by atoms with Crippen LogP contribution in [0, 0.1) is 13.8 Å². The molecule has 0 unspecified atom stereocenters. The molecule has 0 spiro atoms. The molecule has 0 bridgehead atoms. The van der Waals surface area contributed by atoms with Gasteiger partial charge in [0.15, 0.2) is 0 Å². The fraction of sp³-hybridized carbons (Fsp3) is 0.385. The molecule has 4 heteroatoms. The Morgan fingerprint density at radius 3 is 2.53 bits per heavy atom. The molecule has 1 aromatic rings. The summed E-state index contributed by atoms with van der Waals surface area (Å²) in [6.45, 7) is 5.71. The Kier molecular flexibility index (Phi) is 4.69. The molecule has 92 valence electrons. The Balaban J connectivity index is 2.56. The van der Waals surface area contributed by atoms with Gasteiger partial charge in [0, 0.05) is 12.1 Å². The van der Waals surface area contributed by atoms with Crippen LogP contribution in [0.15, 0.2) is 18.2 Å². The fourth-order valence-corrected chi connectivity index (χ4v) is 1.38. The summed E-state index contributed by atoms with van der Waals surface area (Å²) in [7, 11) is 0. The zero-order chi connectivity index (χ0) is 12.8. The van der Waals surface area contributed by atoms with E-state index in [1.165, 1.54) is 0 Å². The maximum absolute atomic E-state index is 11.6. The van der Waals surface area contributed by atoms with E-state index in [9.17, 15) is 9.59 Å². The van der Waals surface area contributed by atoms with Gasteiger partial charge in [-0.2, -0.15) is 0 Å². The van der Waals surface area contributed by atoms with Gasteiger partial charge < -0.3 is 10.6 Å². The lowest BCUT2D eigenvalue weighted by Gasteiger charge is -2.10. The first kappa shape index (κ1) is 13.2. The average molecular weight is 234 g/mol. The number of aryl methyl sites for hydroxylation is 1. The van der Waals surface area contributed by atoms with Crippen LogP contribution in [0.3, 0.4) is 0 Å². The molecule has 0 fully saturated rings. The second-order valence-corrected chi connectivity index (χ2v) is 3.93. The first-order valence-electron chi connectivity index (χ1n) is 5.67. The van der Waals surface area contributed by atoms with Crippen LogP contribution in [0.4, 0.5) is 5.69 Å². The minimum Gasteiger partial charge on any atom is -0.347 e. The molecule has 0 aliphatic heterocycles. The van der Waals surface area contributed by atoms with Crippen LogP contribution in [-0.2, 0) is 9.59 Å². The quantitative estimate of drug-likeness (QED) is 0.834. The number of benzene rings is 1. The molecule has 2 amide bonds. The van der Waals surface area contributed by atoms with Crippen LogP contribution in [0.25, 0.3) is 0 Å². The lowest BCUT2D eigenvalue weighted by atomic mass is 10.1. The largest absolute Gasteiger partial charge is 0.347 e. The minimum absolute atomic E-state index is 0.0139. The summed E-state index contributed by atoms with van der Waals surface area (Å²) >= 11 is 0. The SMILES string of the molecule is CCC(=O)NCC(=O)Nc1cccc(C)c1C. The van der Waals surface area contributed by atoms with E-state index < -0.39 is 0 Å². The van der Waals surface area contributed by atoms with E-state index in [-0.39, 0.29) is 18.4 Å². The van der Waals surface area contributed by atoms with Crippen molar-refractivity contribution in [3.05, 3.63) is 29.3 Å². The van der Waals surface area contributed by atoms with E-state index in [2.05, 4.69) is 10.6 Å². The van der Waals surface area contributed by atoms with Crippen molar-refractivity contribution in [3.63, 3.8) is 0 Å². The third-order valence-corrected chi connectivity index (χ3v) is 2.65. The predicted molar refractivity (Wildman–Crippen MR) is 67.8 cm³/mol. The summed E-state index contributed by atoms with van der Waals surface area (Å²) in [5, 5.41) is 5.31. The molecular formula is C13H18N2O2. The van der Waals surface area contributed by atoms with Crippen molar-refractivity contribution in [1.29, 1.82) is 0 Å². The first-order valence-corrected chi connectivity index (χ1v) is 5.67. The first-order chi connectivity index (χ1) is 8.04. The lowest BCUT2D eigenvalue weighted by molar-refractivity contribution is -0.123. The van der Waals surface area contributed by atoms with Gasteiger partial charge in [0.25, 0.3) is 0 Å². The molecule has 0 atom stereocenters. The summed E-state index contributed by atoms with van der Waals surface area (Å²) in [6, 6.07) is 5.73. The van der Waals surface area contributed by atoms with Crippen molar-refractivity contribution in [2.45, 2.75) is 27.2 Å². The zero-order valence-corrected chi connectivity index (χ0v) is 10.5. The Hall–Kier alpha value is -1.84. The lowest BCUT2D eigenvalue weighted by Crippen LogP contribution is -2.32. The summed E-state index contributed by atoms with van der Waals surface area (Å²) in [5.41, 5.74) is 2.96. The van der Waals surface area contributed by atoms with Crippen molar-refractivity contribution >= 4 is 17.5 Å². The van der Waals surface area contributed by atoms with E-state index in [4.69, 9.17) is 0 Å². The second kappa shape index (κ2) is 6.03. The molecule has 0 radical (unpaired) electrons. The van der Waals surface area contributed by atoms with Crippen LogP contribution < -0.4 is 10.6 Å². The number of anilines is 1. The van der Waals surface area contributed by atoms with Gasteiger partial charge in [0.05, 0.1) is 6.54 Å². The molecule has 1 rings (SSSR count). The average Bonchev–Trinajstić information content (AvgIpc) is 2.32. The van der Waals surface area contributed by atoms with Gasteiger partial charge >= 0.3 is 0 Å². The molecule has 17 heavy (non-hydrogen) atoms. The second-order valence-electron chi connectivity index (χ2n) is 3.93. The minimum atomic E-state index is -0.208. The van der Waals surface area contributed by atoms with Gasteiger partial charge in [-0.15, -0.1) is 0 Å². The number of nitrogens with one attached hydrogen (secondary N) is 2. The molecule has 0 aliphatic rings. The van der Waals surface area contributed by atoms with E-state index in [1.807, 2.05) is 32.0 Å². The zero-order valence-electron chi connectivity index (χ0n) is 10.5. The van der Waals surface area contributed by atoms with Gasteiger partial charge in [0.1, 0.15) is 0 Å². The third-order valence-electron chi connectivity index (χ3n) is 2.65. The molecule has 1 aromatic carbocycles. The Bertz CT molecular complexity index is 427. The monoisotopic (exact) mass is 234 g/mol. The molecule has 0 heterocycles. The van der Waals surface area contributed by atoms with Crippen molar-refractivity contribution < 1.29 is 9.59 Å². The summed E-state index contributed by atoms with van der Waals surface area (Å²) in [5.74, 6) is -0.332. The Morgan fingerprint density at radius 2 is 1.88 bits per heavy atom. The number of hydrogen-bond acceptors (Lipinski definition) is 2. The number of hydrogen-bond donors (Lipinski definition) is 2. The fourth-order valence-electron chi connectivity index (χ4n) is 1.38. The van der Waals surface area contributed by atoms with E-state index >= 15 is 0 Å². The van der Waals surface area contributed by atoms with Crippen LogP contribution in [0.2, 0.25) is 0 Å². The maximum Gasteiger partial charge on any atom is 0.243 e. The highest BCUT2D eigenvalue weighted by molar-refractivity contribution is 5.95. The van der Waals surface area contributed by atoms with E-state index in [0.717, 1.165) is 16.8 Å². The summed E-state index contributed by atoms with van der Waals surface area (Å²) in [4.78, 5) is 22.6. The standard InChI is InChI=1S/C13H18N2O2/c1-4-12(16)14-8-13(17)15-11-7-5-6-9(2)10(11)3/h5-7H,4,8H2,1-3H3,(H,14,16)(H,15,17). The molecule has 0 aliphatic carbocycles. The number of carbonyl (C=O) groups is 2. The number of amides is 2. The number of rotatable bonds is 4. The van der Waals surface area contributed by atoms with Crippen molar-refractivity contribution in [2.75, 3.05) is 11.9 Å². The molecule has 0 aromatic heterocycles. The van der Waals surface area contributed by atoms with Gasteiger partial charge in [0.2, 0.25) is 11.8 Å². The maximum atomic E-state index is 11.6. The Morgan fingerprint density at radius 1 is 1.18 bits per heavy atom. The summed E-state index contributed by atoms with van der Waals surface area (Å²) in [6.07, 6.45) is 0.386. The predicted octanol–water partition coefficient (Wildman–Crippen LogP) is 1.77. The highest BCUT2D eigenvalue weighted by Crippen LogP contribution is 2.17. The van der Waals surface area contributed by atoms with Crippen LogP contribution in [0.5, 0.6) is 0 Å². The Labute approximate surface area is 101 Å². The number of carbonyl (C=O) groups excluding carboxylic acids is 2. The molecule has 0 saturated carbocycles. The van der Waals surface area contributed by atoms with Crippen molar-refractivity contribution in [2.24, 2.45) is 0 Å². The molecule has 0 saturated heterocycles. The highest BCUT2D eigenvalue weighted by Gasteiger charge is 2.06. The normalized spacial score (nSPS) is 9.82.